The largest absolute Gasteiger partial charge is 0.476 e. The number of ether oxygens (including phenoxy) is 2. The Morgan fingerprint density at radius 1 is 1.44 bits per heavy atom. The van der Waals surface area contributed by atoms with Crippen LogP contribution in [0.25, 0.3) is 0 Å². The summed E-state index contributed by atoms with van der Waals surface area (Å²) in [5, 5.41) is 0.371. The van der Waals surface area contributed by atoms with Gasteiger partial charge in [-0.05, 0) is 26.0 Å². The molecule has 1 rings (SSSR count). The molecule has 0 saturated carbocycles. The molecule has 0 fully saturated rings. The van der Waals surface area contributed by atoms with E-state index in [1.807, 2.05) is 13.8 Å². The molecule has 1 aromatic rings. The van der Waals surface area contributed by atoms with Crippen LogP contribution in [0.15, 0.2) is 12.1 Å². The van der Waals surface area contributed by atoms with Crippen molar-refractivity contribution in [1.29, 1.82) is 0 Å². The molecular formula is C11H17ClN2O2. The summed E-state index contributed by atoms with van der Waals surface area (Å²) in [6.45, 7) is 4.47. The lowest BCUT2D eigenvalue weighted by Gasteiger charge is -2.22. The maximum absolute atomic E-state index is 5.74. The van der Waals surface area contributed by atoms with Gasteiger partial charge < -0.3 is 15.2 Å². The molecule has 0 radical (unpaired) electrons. The molecule has 0 unspecified atom stereocenters. The number of anilines is 1. The van der Waals surface area contributed by atoms with Crippen LogP contribution in [-0.4, -0.2) is 24.3 Å². The predicted octanol–water partition coefficient (Wildman–Crippen LogP) is 2.51. The predicted molar refractivity (Wildman–Crippen MR) is 64.9 cm³/mol. The summed E-state index contributed by atoms with van der Waals surface area (Å²) in [6, 6.07) is 3.30. The summed E-state index contributed by atoms with van der Waals surface area (Å²) in [4.78, 5) is 4.00. The Labute approximate surface area is 101 Å². The fourth-order valence-corrected chi connectivity index (χ4v) is 1.18. The average Bonchev–Trinajstić information content (AvgIpc) is 2.23. The van der Waals surface area contributed by atoms with Crippen molar-refractivity contribution in [1.82, 2.24) is 4.98 Å². The number of pyridine rings is 1. The second-order valence-electron chi connectivity index (χ2n) is 4.09. The number of nitrogens with zero attached hydrogens (tertiary/aromatic N) is 1. The van der Waals surface area contributed by atoms with Crippen LogP contribution in [-0.2, 0) is 4.74 Å². The van der Waals surface area contributed by atoms with Crippen LogP contribution in [0.4, 0.5) is 5.69 Å². The van der Waals surface area contributed by atoms with E-state index in [4.69, 9.17) is 26.8 Å². The van der Waals surface area contributed by atoms with Gasteiger partial charge in [0.1, 0.15) is 5.15 Å². The first kappa shape index (κ1) is 13.1. The summed E-state index contributed by atoms with van der Waals surface area (Å²) in [7, 11) is 1.67. The third-order valence-corrected chi connectivity index (χ3v) is 2.56. The van der Waals surface area contributed by atoms with E-state index < -0.39 is 0 Å². The van der Waals surface area contributed by atoms with Crippen molar-refractivity contribution in [2.75, 3.05) is 19.5 Å². The molecule has 0 atom stereocenters. The molecule has 1 heterocycles. The molecule has 2 N–H and O–H groups in total. The van der Waals surface area contributed by atoms with Gasteiger partial charge in [-0.2, -0.15) is 4.98 Å². The van der Waals surface area contributed by atoms with Gasteiger partial charge in [-0.3, -0.25) is 0 Å². The zero-order valence-corrected chi connectivity index (χ0v) is 10.5. The van der Waals surface area contributed by atoms with Crippen LogP contribution >= 0.6 is 11.6 Å². The van der Waals surface area contributed by atoms with Crippen molar-refractivity contribution in [3.05, 3.63) is 17.3 Å². The van der Waals surface area contributed by atoms with Gasteiger partial charge >= 0.3 is 0 Å². The summed E-state index contributed by atoms with van der Waals surface area (Å²) >= 11 is 5.74. The van der Waals surface area contributed by atoms with Crippen LogP contribution in [0.5, 0.6) is 5.88 Å². The second kappa shape index (κ2) is 5.37. The van der Waals surface area contributed by atoms with Crippen molar-refractivity contribution in [3.63, 3.8) is 0 Å². The Bertz CT molecular complexity index is 356. The minimum atomic E-state index is -0.215. The SMILES string of the molecule is COC(C)(C)CCOc1nc(Cl)ccc1N. The lowest BCUT2D eigenvalue weighted by molar-refractivity contribution is 0.00515. The highest BCUT2D eigenvalue weighted by molar-refractivity contribution is 6.29. The molecule has 0 aliphatic carbocycles. The van der Waals surface area contributed by atoms with Gasteiger partial charge in [-0.1, -0.05) is 11.6 Å². The van der Waals surface area contributed by atoms with E-state index in [2.05, 4.69) is 4.98 Å². The molecule has 0 aromatic carbocycles. The average molecular weight is 245 g/mol. The van der Waals surface area contributed by atoms with Gasteiger partial charge in [-0.15, -0.1) is 0 Å². The lowest BCUT2D eigenvalue weighted by atomic mass is 10.1. The molecule has 0 aliphatic rings. The number of hydrogen-bond donors (Lipinski definition) is 1. The highest BCUT2D eigenvalue weighted by Crippen LogP contribution is 2.22. The highest BCUT2D eigenvalue weighted by Gasteiger charge is 2.16. The fraction of sp³-hybridized carbons (Fsp3) is 0.545. The molecule has 0 aliphatic heterocycles. The van der Waals surface area contributed by atoms with Crippen molar-refractivity contribution >= 4 is 17.3 Å². The Morgan fingerprint density at radius 2 is 2.12 bits per heavy atom. The minimum absolute atomic E-state index is 0.215. The molecule has 0 saturated heterocycles. The van der Waals surface area contributed by atoms with Crippen molar-refractivity contribution in [2.45, 2.75) is 25.9 Å². The first-order valence-corrected chi connectivity index (χ1v) is 5.42. The lowest BCUT2D eigenvalue weighted by Crippen LogP contribution is -2.25. The molecule has 5 heteroatoms. The molecule has 0 amide bonds. The topological polar surface area (TPSA) is 57.4 Å². The Balaban J connectivity index is 2.52. The number of hydrogen-bond acceptors (Lipinski definition) is 4. The molecular weight excluding hydrogens is 228 g/mol. The number of methoxy groups -OCH3 is 1. The Kier molecular flexibility index (Phi) is 4.38. The van der Waals surface area contributed by atoms with E-state index in [1.54, 1.807) is 19.2 Å². The summed E-state index contributed by atoms with van der Waals surface area (Å²) in [5.74, 6) is 0.374. The third kappa shape index (κ3) is 3.87. The van der Waals surface area contributed by atoms with Crippen molar-refractivity contribution in [3.8, 4) is 5.88 Å². The maximum Gasteiger partial charge on any atom is 0.238 e. The van der Waals surface area contributed by atoms with Crippen LogP contribution in [0, 0.1) is 0 Å². The first-order valence-electron chi connectivity index (χ1n) is 5.04. The van der Waals surface area contributed by atoms with E-state index in [0.717, 1.165) is 6.42 Å². The molecule has 0 spiro atoms. The van der Waals surface area contributed by atoms with E-state index >= 15 is 0 Å². The molecule has 90 valence electrons. The number of halogens is 1. The van der Waals surface area contributed by atoms with Gasteiger partial charge in [0.2, 0.25) is 5.88 Å². The fourth-order valence-electron chi connectivity index (χ4n) is 1.04. The molecule has 1 aromatic heterocycles. The van der Waals surface area contributed by atoms with Gasteiger partial charge in [0, 0.05) is 13.5 Å². The summed E-state index contributed by atoms with van der Waals surface area (Å²) < 4.78 is 10.7. The Morgan fingerprint density at radius 3 is 2.75 bits per heavy atom. The standard InChI is InChI=1S/C11H17ClN2O2/c1-11(2,15-3)6-7-16-10-8(13)4-5-9(12)14-10/h4-5H,6-7,13H2,1-3H3. The van der Waals surface area contributed by atoms with E-state index in [0.29, 0.717) is 23.3 Å². The van der Waals surface area contributed by atoms with Crippen LogP contribution in [0.2, 0.25) is 5.15 Å². The van der Waals surface area contributed by atoms with Gasteiger partial charge in [0.05, 0.1) is 17.9 Å². The van der Waals surface area contributed by atoms with Crippen LogP contribution in [0.3, 0.4) is 0 Å². The molecule has 4 nitrogen and oxygen atoms in total. The van der Waals surface area contributed by atoms with E-state index in [9.17, 15) is 0 Å². The first-order chi connectivity index (χ1) is 7.44. The highest BCUT2D eigenvalue weighted by atomic mass is 35.5. The Hall–Kier alpha value is -1.00. The van der Waals surface area contributed by atoms with Crippen molar-refractivity contribution in [2.24, 2.45) is 0 Å². The van der Waals surface area contributed by atoms with Crippen LogP contribution < -0.4 is 10.5 Å². The number of aromatic nitrogens is 1. The summed E-state index contributed by atoms with van der Waals surface area (Å²) in [5.41, 5.74) is 5.97. The minimum Gasteiger partial charge on any atom is -0.476 e. The smallest absolute Gasteiger partial charge is 0.238 e. The summed E-state index contributed by atoms with van der Waals surface area (Å²) in [6.07, 6.45) is 0.747. The zero-order chi connectivity index (χ0) is 12.2. The molecule has 16 heavy (non-hydrogen) atoms. The number of nitrogens with two attached hydrogens (primary N) is 1. The number of rotatable bonds is 5. The van der Waals surface area contributed by atoms with Gasteiger partial charge in [0.25, 0.3) is 0 Å². The monoisotopic (exact) mass is 244 g/mol. The van der Waals surface area contributed by atoms with E-state index in [-0.39, 0.29) is 5.60 Å². The van der Waals surface area contributed by atoms with Crippen LogP contribution in [0.1, 0.15) is 20.3 Å². The normalized spacial score (nSPS) is 11.5. The van der Waals surface area contributed by atoms with Crippen molar-refractivity contribution < 1.29 is 9.47 Å². The van der Waals surface area contributed by atoms with Gasteiger partial charge in [-0.25, -0.2) is 0 Å². The van der Waals surface area contributed by atoms with E-state index in [1.165, 1.54) is 0 Å². The number of nitrogen functional groups attached to an aromatic ring is 1. The maximum atomic E-state index is 5.74. The zero-order valence-electron chi connectivity index (χ0n) is 9.79. The van der Waals surface area contributed by atoms with Gasteiger partial charge in [0.15, 0.2) is 0 Å². The second-order valence-corrected chi connectivity index (χ2v) is 4.48. The third-order valence-electron chi connectivity index (χ3n) is 2.35. The quantitative estimate of drug-likeness (QED) is 0.809. The molecule has 0 bridgehead atoms.